The van der Waals surface area contributed by atoms with E-state index in [2.05, 4.69) is 167 Å². The number of hydrogen-bond donors (Lipinski definition) is 0. The predicted octanol–water partition coefficient (Wildman–Crippen LogP) is 12.1. The topological polar surface area (TPSA) is 17.8 Å². The van der Waals surface area contributed by atoms with Gasteiger partial charge in [0.2, 0.25) is 0 Å². The minimum atomic E-state index is 1.15. The van der Waals surface area contributed by atoms with Gasteiger partial charge in [-0.2, -0.15) is 0 Å². The smallest absolute Gasteiger partial charge is 0.0571 e. The highest BCUT2D eigenvalue weighted by Crippen LogP contribution is 2.44. The first-order chi connectivity index (χ1) is 23.3. The fourth-order valence-corrected chi connectivity index (χ4v) is 7.72. The van der Waals surface area contributed by atoms with Gasteiger partial charge < -0.3 is 4.57 Å². The maximum atomic E-state index is 4.42. The molecule has 0 unspecified atom stereocenters. The van der Waals surface area contributed by atoms with Crippen LogP contribution in [-0.4, -0.2) is 9.55 Å². The molecule has 218 valence electrons. The Balaban J connectivity index is 1.18. The van der Waals surface area contributed by atoms with Gasteiger partial charge in [0, 0.05) is 28.9 Å². The lowest BCUT2D eigenvalue weighted by atomic mass is 9.85. The molecular formula is C45H28N2. The van der Waals surface area contributed by atoms with Gasteiger partial charge in [-0.05, 0) is 102 Å². The Hall–Kier alpha value is -6.25. The molecule has 0 spiro atoms. The summed E-state index contributed by atoms with van der Waals surface area (Å²) in [4.78, 5) is 4.42. The number of aromatic nitrogens is 2. The van der Waals surface area contributed by atoms with Crippen molar-refractivity contribution in [1.29, 1.82) is 0 Å². The first-order valence-corrected chi connectivity index (χ1v) is 16.1. The van der Waals surface area contributed by atoms with E-state index in [0.29, 0.717) is 0 Å². The van der Waals surface area contributed by atoms with Gasteiger partial charge in [-0.1, -0.05) is 121 Å². The van der Waals surface area contributed by atoms with Crippen LogP contribution in [0.5, 0.6) is 0 Å². The summed E-state index contributed by atoms with van der Waals surface area (Å²) in [6, 6.07) is 57.7. The fourth-order valence-electron chi connectivity index (χ4n) is 7.72. The lowest BCUT2D eigenvalue weighted by Crippen LogP contribution is -1.94. The third-order valence-electron chi connectivity index (χ3n) is 9.81. The molecule has 10 aromatic rings. The fraction of sp³-hybridized carbons (Fsp3) is 0. The van der Waals surface area contributed by atoms with Gasteiger partial charge in [-0.25, -0.2) is 0 Å². The van der Waals surface area contributed by atoms with E-state index in [4.69, 9.17) is 0 Å². The highest BCUT2D eigenvalue weighted by atomic mass is 15.0. The lowest BCUT2D eigenvalue weighted by Gasteiger charge is -2.18. The molecule has 0 atom stereocenters. The maximum Gasteiger partial charge on any atom is 0.0571 e. The van der Waals surface area contributed by atoms with Gasteiger partial charge in [0.25, 0.3) is 0 Å². The van der Waals surface area contributed by atoms with E-state index < -0.39 is 0 Å². The summed E-state index contributed by atoms with van der Waals surface area (Å²) >= 11 is 0. The Bertz CT molecular complexity index is 2750. The van der Waals surface area contributed by atoms with E-state index in [-0.39, 0.29) is 0 Å². The highest BCUT2D eigenvalue weighted by molar-refractivity contribution is 6.22. The number of benzene rings is 8. The second kappa shape index (κ2) is 10.1. The van der Waals surface area contributed by atoms with Crippen LogP contribution >= 0.6 is 0 Å². The Labute approximate surface area is 271 Å². The summed E-state index contributed by atoms with van der Waals surface area (Å²) in [5, 5.41) is 12.4. The Kier molecular flexibility index (Phi) is 5.61. The summed E-state index contributed by atoms with van der Waals surface area (Å²) in [5.41, 5.74) is 8.55. The molecule has 8 aromatic carbocycles. The molecule has 2 heteroatoms. The van der Waals surface area contributed by atoms with Crippen molar-refractivity contribution in [2.75, 3.05) is 0 Å². The molecule has 0 bridgehead atoms. The van der Waals surface area contributed by atoms with Crippen molar-refractivity contribution in [3.8, 4) is 27.9 Å². The Morgan fingerprint density at radius 2 is 0.851 bits per heavy atom. The second-order valence-electron chi connectivity index (χ2n) is 12.4. The van der Waals surface area contributed by atoms with Crippen LogP contribution in [0.4, 0.5) is 0 Å². The molecule has 0 aliphatic rings. The molecule has 47 heavy (non-hydrogen) atoms. The van der Waals surface area contributed by atoms with Gasteiger partial charge >= 0.3 is 0 Å². The number of nitrogens with zero attached hydrogens (tertiary/aromatic N) is 2. The quantitative estimate of drug-likeness (QED) is 0.186. The number of fused-ring (bicyclic) bond motifs is 7. The average Bonchev–Trinajstić information content (AvgIpc) is 3.47. The monoisotopic (exact) mass is 596 g/mol. The molecule has 2 heterocycles. The Morgan fingerprint density at radius 1 is 0.362 bits per heavy atom. The minimum absolute atomic E-state index is 1.15. The van der Waals surface area contributed by atoms with Crippen molar-refractivity contribution >= 4 is 64.9 Å². The first-order valence-electron chi connectivity index (χ1n) is 16.1. The van der Waals surface area contributed by atoms with Crippen LogP contribution in [0.15, 0.2) is 170 Å². The van der Waals surface area contributed by atoms with Crippen LogP contribution < -0.4 is 0 Å². The van der Waals surface area contributed by atoms with E-state index >= 15 is 0 Å². The lowest BCUT2D eigenvalue weighted by molar-refractivity contribution is 1.18. The zero-order valence-electron chi connectivity index (χ0n) is 25.6. The number of hydrogen-bond acceptors (Lipinski definition) is 1. The van der Waals surface area contributed by atoms with Gasteiger partial charge in [0.15, 0.2) is 0 Å². The number of para-hydroxylation sites is 1. The Morgan fingerprint density at radius 3 is 1.53 bits per heavy atom. The molecular weight excluding hydrogens is 569 g/mol. The molecule has 0 N–H and O–H groups in total. The zero-order valence-corrected chi connectivity index (χ0v) is 25.6. The maximum absolute atomic E-state index is 4.42. The zero-order chi connectivity index (χ0) is 30.9. The van der Waals surface area contributed by atoms with E-state index in [1.54, 1.807) is 0 Å². The molecule has 0 amide bonds. The van der Waals surface area contributed by atoms with Crippen molar-refractivity contribution in [3.63, 3.8) is 0 Å². The number of pyridine rings is 1. The van der Waals surface area contributed by atoms with Gasteiger partial charge in [0.05, 0.1) is 11.0 Å². The summed E-state index contributed by atoms with van der Waals surface area (Å²) in [6.45, 7) is 0. The van der Waals surface area contributed by atoms with Gasteiger partial charge in [0.1, 0.15) is 0 Å². The van der Waals surface area contributed by atoms with E-state index in [1.807, 2.05) is 12.4 Å². The molecule has 0 aliphatic heterocycles. The van der Waals surface area contributed by atoms with Crippen LogP contribution in [0, 0.1) is 0 Å². The SMILES string of the molecule is c1ccc2cc(-c3c4ccccc4c(-c4ccc5cc(-n6c7ccccc7c7cnccc76)ccc5c4)c4ccccc34)ccc2c1. The van der Waals surface area contributed by atoms with Crippen molar-refractivity contribution in [2.24, 2.45) is 0 Å². The van der Waals surface area contributed by atoms with E-state index in [9.17, 15) is 0 Å². The summed E-state index contributed by atoms with van der Waals surface area (Å²) < 4.78 is 2.35. The van der Waals surface area contributed by atoms with Gasteiger partial charge in [-0.3, -0.25) is 4.98 Å². The summed E-state index contributed by atoms with van der Waals surface area (Å²) in [7, 11) is 0. The molecule has 0 fully saturated rings. The predicted molar refractivity (Wildman–Crippen MR) is 199 cm³/mol. The van der Waals surface area contributed by atoms with Crippen LogP contribution in [0.3, 0.4) is 0 Å². The molecule has 0 radical (unpaired) electrons. The van der Waals surface area contributed by atoms with Crippen molar-refractivity contribution in [1.82, 2.24) is 9.55 Å². The van der Waals surface area contributed by atoms with Crippen molar-refractivity contribution in [3.05, 3.63) is 170 Å². The standard InChI is InChI=1S/C45H28N2/c1-2-10-30-25-33(19-17-29(30)9-1)44-37-12-3-5-14-39(37)45(40-15-6-4-13-38(40)44)34-20-18-32-27-35(22-21-31(32)26-34)47-42-16-8-7-11-36(42)41-28-46-24-23-43(41)47/h1-28H. The third-order valence-corrected chi connectivity index (χ3v) is 9.81. The van der Waals surface area contributed by atoms with E-state index in [1.165, 1.54) is 87.1 Å². The van der Waals surface area contributed by atoms with E-state index in [0.717, 1.165) is 5.69 Å². The molecule has 2 nitrogen and oxygen atoms in total. The first kappa shape index (κ1) is 26.0. The molecule has 2 aromatic heterocycles. The van der Waals surface area contributed by atoms with Crippen molar-refractivity contribution < 1.29 is 0 Å². The minimum Gasteiger partial charge on any atom is -0.309 e. The van der Waals surface area contributed by atoms with Crippen LogP contribution in [0.1, 0.15) is 0 Å². The van der Waals surface area contributed by atoms with Crippen LogP contribution in [-0.2, 0) is 0 Å². The molecule has 0 aliphatic carbocycles. The highest BCUT2D eigenvalue weighted by Gasteiger charge is 2.17. The van der Waals surface area contributed by atoms with Crippen LogP contribution in [0.25, 0.3) is 92.8 Å². The summed E-state index contributed by atoms with van der Waals surface area (Å²) in [6.07, 6.45) is 3.85. The largest absolute Gasteiger partial charge is 0.309 e. The number of rotatable bonds is 3. The van der Waals surface area contributed by atoms with Gasteiger partial charge in [-0.15, -0.1) is 0 Å². The average molecular weight is 597 g/mol. The van der Waals surface area contributed by atoms with Crippen LogP contribution in [0.2, 0.25) is 0 Å². The molecule has 10 rings (SSSR count). The third kappa shape index (κ3) is 3.95. The molecule has 0 saturated heterocycles. The normalized spacial score (nSPS) is 11.8. The molecule has 0 saturated carbocycles. The summed E-state index contributed by atoms with van der Waals surface area (Å²) in [5.74, 6) is 0. The second-order valence-corrected chi connectivity index (χ2v) is 12.4. The van der Waals surface area contributed by atoms with Crippen molar-refractivity contribution in [2.45, 2.75) is 0 Å².